The molecule has 2 nitrogen and oxygen atoms in total. The maximum Gasteiger partial charge on any atom is 0.119 e. The molecule has 120 valence electrons. The summed E-state index contributed by atoms with van der Waals surface area (Å²) >= 11 is 0. The molecule has 0 amide bonds. The highest BCUT2D eigenvalue weighted by Gasteiger charge is 2.52. The van der Waals surface area contributed by atoms with Crippen LogP contribution >= 0.6 is 0 Å². The Hall–Kier alpha value is -1.02. The monoisotopic (exact) mass is 300 g/mol. The first-order valence-corrected chi connectivity index (χ1v) is 9.04. The molecule has 4 rings (SSSR count). The summed E-state index contributed by atoms with van der Waals surface area (Å²) in [6, 6.07) is 6.75. The van der Waals surface area contributed by atoms with E-state index in [0.29, 0.717) is 11.3 Å². The predicted molar refractivity (Wildman–Crippen MR) is 88.2 cm³/mol. The molecule has 1 N–H and O–H groups in total. The molecule has 3 aliphatic carbocycles. The second-order valence-corrected chi connectivity index (χ2v) is 8.00. The summed E-state index contributed by atoms with van der Waals surface area (Å²) in [6.45, 7) is 5.21. The van der Waals surface area contributed by atoms with E-state index in [4.69, 9.17) is 4.74 Å². The zero-order valence-electron chi connectivity index (χ0n) is 13.8. The van der Waals surface area contributed by atoms with Crippen molar-refractivity contribution in [3.8, 4) is 5.75 Å². The Balaban J connectivity index is 1.64. The van der Waals surface area contributed by atoms with Crippen LogP contribution in [0, 0.1) is 17.3 Å². The summed E-state index contributed by atoms with van der Waals surface area (Å²) in [4.78, 5) is 0. The van der Waals surface area contributed by atoms with Crippen LogP contribution in [0.2, 0.25) is 0 Å². The first kappa shape index (κ1) is 14.6. The topological polar surface area (TPSA) is 29.5 Å². The van der Waals surface area contributed by atoms with Crippen LogP contribution in [0.25, 0.3) is 0 Å². The fraction of sp³-hybridized carbons (Fsp3) is 0.700. The van der Waals surface area contributed by atoms with Crippen molar-refractivity contribution in [1.29, 1.82) is 0 Å². The molecule has 0 bridgehead atoms. The van der Waals surface area contributed by atoms with Crippen LogP contribution in [0.4, 0.5) is 0 Å². The molecule has 0 aliphatic heterocycles. The summed E-state index contributed by atoms with van der Waals surface area (Å²) in [5, 5.41) is 10.2. The summed E-state index contributed by atoms with van der Waals surface area (Å²) in [6.07, 6.45) is 7.05. The van der Waals surface area contributed by atoms with Gasteiger partial charge in [-0.1, -0.05) is 13.0 Å². The average molecular weight is 300 g/mol. The van der Waals surface area contributed by atoms with Gasteiger partial charge in [0.05, 0.1) is 12.7 Å². The number of ether oxygens (including phenoxy) is 1. The summed E-state index contributed by atoms with van der Waals surface area (Å²) < 4.78 is 5.67. The molecule has 22 heavy (non-hydrogen) atoms. The second-order valence-electron chi connectivity index (χ2n) is 8.00. The molecule has 0 saturated heterocycles. The van der Waals surface area contributed by atoms with Gasteiger partial charge in [-0.3, -0.25) is 0 Å². The van der Waals surface area contributed by atoms with Crippen LogP contribution in [-0.4, -0.2) is 17.8 Å². The van der Waals surface area contributed by atoms with Crippen molar-refractivity contribution >= 4 is 0 Å². The lowest BCUT2D eigenvalue weighted by molar-refractivity contribution is 0.0595. The highest BCUT2D eigenvalue weighted by atomic mass is 16.5. The maximum absolute atomic E-state index is 10.2. The molecule has 0 radical (unpaired) electrons. The van der Waals surface area contributed by atoms with Gasteiger partial charge in [-0.15, -0.1) is 0 Å². The normalized spacial score (nSPS) is 39.8. The lowest BCUT2D eigenvalue weighted by atomic mass is 9.56. The molecule has 2 heteroatoms. The second kappa shape index (κ2) is 5.26. The number of hydrogen-bond donors (Lipinski definition) is 1. The van der Waals surface area contributed by atoms with Gasteiger partial charge in [0, 0.05) is 0 Å². The maximum atomic E-state index is 10.2. The quantitative estimate of drug-likeness (QED) is 0.882. The SMILES string of the molecule is CCOc1ccc2c(c1)CC[C@@H]1[C@H]3C[C@H](O)C[C@]3(C)CC[C@@H]21. The highest BCUT2D eigenvalue weighted by Crippen LogP contribution is 2.60. The van der Waals surface area contributed by atoms with Gasteiger partial charge in [0.2, 0.25) is 0 Å². The van der Waals surface area contributed by atoms with Gasteiger partial charge < -0.3 is 9.84 Å². The Morgan fingerprint density at radius 1 is 1.32 bits per heavy atom. The fourth-order valence-electron chi connectivity index (χ4n) is 5.84. The Bertz CT molecular complexity index is 567. The van der Waals surface area contributed by atoms with E-state index >= 15 is 0 Å². The minimum atomic E-state index is -0.0597. The first-order chi connectivity index (χ1) is 10.6. The molecule has 0 aromatic heterocycles. The van der Waals surface area contributed by atoms with Gasteiger partial charge in [-0.2, -0.15) is 0 Å². The van der Waals surface area contributed by atoms with E-state index in [1.54, 1.807) is 5.56 Å². The molecule has 1 aromatic carbocycles. The molecular formula is C20H28O2. The molecule has 0 heterocycles. The number of aliphatic hydroxyl groups excluding tert-OH is 1. The number of benzene rings is 1. The van der Waals surface area contributed by atoms with E-state index < -0.39 is 0 Å². The Morgan fingerprint density at radius 2 is 2.18 bits per heavy atom. The molecule has 2 saturated carbocycles. The van der Waals surface area contributed by atoms with Gasteiger partial charge in [0.15, 0.2) is 0 Å². The van der Waals surface area contributed by atoms with E-state index in [0.717, 1.165) is 37.0 Å². The summed E-state index contributed by atoms with van der Waals surface area (Å²) in [5.74, 6) is 3.24. The highest BCUT2D eigenvalue weighted by molar-refractivity contribution is 5.40. The fourth-order valence-corrected chi connectivity index (χ4v) is 5.84. The van der Waals surface area contributed by atoms with Gasteiger partial charge >= 0.3 is 0 Å². The van der Waals surface area contributed by atoms with Crippen molar-refractivity contribution in [3.05, 3.63) is 29.3 Å². The van der Waals surface area contributed by atoms with Gasteiger partial charge in [0.25, 0.3) is 0 Å². The van der Waals surface area contributed by atoms with Crippen LogP contribution < -0.4 is 4.74 Å². The van der Waals surface area contributed by atoms with E-state index in [2.05, 4.69) is 25.1 Å². The molecule has 0 unspecified atom stereocenters. The summed E-state index contributed by atoms with van der Waals surface area (Å²) in [7, 11) is 0. The van der Waals surface area contributed by atoms with Crippen LogP contribution in [-0.2, 0) is 6.42 Å². The van der Waals surface area contributed by atoms with Crippen LogP contribution in [0.1, 0.15) is 63.0 Å². The van der Waals surface area contributed by atoms with E-state index in [1.165, 1.54) is 31.2 Å². The minimum absolute atomic E-state index is 0.0597. The average Bonchev–Trinajstić information content (AvgIpc) is 2.81. The zero-order valence-corrected chi connectivity index (χ0v) is 13.8. The molecule has 1 aromatic rings. The minimum Gasteiger partial charge on any atom is -0.494 e. The lowest BCUT2D eigenvalue weighted by Gasteiger charge is -2.49. The predicted octanol–water partition coefficient (Wildman–Crippen LogP) is 4.30. The van der Waals surface area contributed by atoms with Crippen LogP contribution in [0.5, 0.6) is 5.75 Å². The van der Waals surface area contributed by atoms with Gasteiger partial charge in [-0.05, 0) is 91.9 Å². The van der Waals surface area contributed by atoms with E-state index in [1.807, 2.05) is 6.92 Å². The first-order valence-electron chi connectivity index (χ1n) is 9.04. The largest absolute Gasteiger partial charge is 0.494 e. The third-order valence-electron chi connectivity index (χ3n) is 6.76. The van der Waals surface area contributed by atoms with Crippen molar-refractivity contribution in [1.82, 2.24) is 0 Å². The molecule has 5 atom stereocenters. The zero-order chi connectivity index (χ0) is 15.3. The standard InChI is InChI=1S/C20H28O2/c1-3-22-15-5-7-16-13(10-15)4-6-18-17(16)8-9-20(2)12-14(21)11-19(18)20/h5,7,10,14,17-19,21H,3-4,6,8-9,11-12H2,1-2H3/t14-,17-,18-,19+,20-/m0/s1. The van der Waals surface area contributed by atoms with E-state index in [9.17, 15) is 5.11 Å². The number of rotatable bonds is 2. The Morgan fingerprint density at radius 3 is 3.00 bits per heavy atom. The number of fused-ring (bicyclic) bond motifs is 5. The Labute approximate surface area is 133 Å². The molecular weight excluding hydrogens is 272 g/mol. The molecule has 0 spiro atoms. The number of aliphatic hydroxyl groups is 1. The van der Waals surface area contributed by atoms with Crippen molar-refractivity contribution in [3.63, 3.8) is 0 Å². The smallest absolute Gasteiger partial charge is 0.119 e. The van der Waals surface area contributed by atoms with Crippen LogP contribution in [0.15, 0.2) is 18.2 Å². The third kappa shape index (κ3) is 2.19. The van der Waals surface area contributed by atoms with Gasteiger partial charge in [0.1, 0.15) is 5.75 Å². The molecule has 3 aliphatic rings. The van der Waals surface area contributed by atoms with Gasteiger partial charge in [-0.25, -0.2) is 0 Å². The Kier molecular flexibility index (Phi) is 3.48. The number of aryl methyl sites for hydroxylation is 1. The van der Waals surface area contributed by atoms with Crippen LogP contribution in [0.3, 0.4) is 0 Å². The van der Waals surface area contributed by atoms with Crippen molar-refractivity contribution in [2.45, 2.75) is 64.4 Å². The van der Waals surface area contributed by atoms with E-state index in [-0.39, 0.29) is 6.10 Å². The molecule has 2 fully saturated rings. The van der Waals surface area contributed by atoms with Crippen molar-refractivity contribution in [2.75, 3.05) is 6.61 Å². The third-order valence-corrected chi connectivity index (χ3v) is 6.76. The summed E-state index contributed by atoms with van der Waals surface area (Å²) in [5.41, 5.74) is 3.47. The van der Waals surface area contributed by atoms with Crippen molar-refractivity contribution < 1.29 is 9.84 Å². The lowest BCUT2D eigenvalue weighted by Crippen LogP contribution is -2.39. The number of hydrogen-bond acceptors (Lipinski definition) is 2. The van der Waals surface area contributed by atoms with Crippen molar-refractivity contribution in [2.24, 2.45) is 17.3 Å².